The van der Waals surface area contributed by atoms with Gasteiger partial charge < -0.3 is 5.32 Å². The number of likely N-dealkylation sites (N-methyl/N-ethyl adjacent to an activating group) is 1. The first kappa shape index (κ1) is 14.5. The second-order valence-electron chi connectivity index (χ2n) is 4.66. The van der Waals surface area contributed by atoms with Crippen LogP contribution in [0.3, 0.4) is 0 Å². The topological polar surface area (TPSA) is 12.0 Å². The molecule has 0 radical (unpaired) electrons. The molecule has 0 aromatic heterocycles. The van der Waals surface area contributed by atoms with E-state index in [1.165, 1.54) is 24.2 Å². The number of thioether (sulfide) groups is 1. The summed E-state index contributed by atoms with van der Waals surface area (Å²) in [5.41, 5.74) is 1.19. The molecule has 1 N–H and O–H groups in total. The second-order valence-corrected chi connectivity index (χ2v) is 6.85. The molecule has 100 valence electrons. The fraction of sp³-hybridized carbons (Fsp3) is 0.571. The van der Waals surface area contributed by atoms with E-state index in [9.17, 15) is 0 Å². The Morgan fingerprint density at radius 1 is 1.44 bits per heavy atom. The van der Waals surface area contributed by atoms with Crippen molar-refractivity contribution in [3.63, 3.8) is 0 Å². The Morgan fingerprint density at radius 2 is 2.28 bits per heavy atom. The molecule has 1 nitrogen and oxygen atoms in total. The average molecular weight is 304 g/mol. The lowest BCUT2D eigenvalue weighted by Gasteiger charge is -2.24. The zero-order chi connectivity index (χ0) is 13.0. The number of benzene rings is 1. The summed E-state index contributed by atoms with van der Waals surface area (Å²) in [4.78, 5) is 0. The number of nitrogens with one attached hydrogen (secondary N) is 1. The van der Waals surface area contributed by atoms with Gasteiger partial charge in [0.25, 0.3) is 0 Å². The van der Waals surface area contributed by atoms with Gasteiger partial charge in [-0.2, -0.15) is 11.8 Å². The third kappa shape index (κ3) is 3.80. The quantitative estimate of drug-likeness (QED) is 0.865. The van der Waals surface area contributed by atoms with Crippen LogP contribution in [0.4, 0.5) is 0 Å². The van der Waals surface area contributed by atoms with E-state index in [1.807, 2.05) is 12.1 Å². The molecule has 2 rings (SSSR count). The summed E-state index contributed by atoms with van der Waals surface area (Å²) in [6.07, 6.45) is 3.64. The van der Waals surface area contributed by atoms with Crippen LogP contribution in [-0.4, -0.2) is 23.6 Å². The first-order chi connectivity index (χ1) is 8.70. The highest BCUT2D eigenvalue weighted by atomic mass is 35.5. The molecule has 1 fully saturated rings. The summed E-state index contributed by atoms with van der Waals surface area (Å²) in [6.45, 7) is 3.17. The number of halogens is 2. The lowest BCUT2D eigenvalue weighted by Crippen LogP contribution is -2.38. The highest BCUT2D eigenvalue weighted by Gasteiger charge is 2.25. The predicted molar refractivity (Wildman–Crippen MR) is 83.1 cm³/mol. The summed E-state index contributed by atoms with van der Waals surface area (Å²) in [7, 11) is 0. The molecule has 0 spiro atoms. The van der Waals surface area contributed by atoms with Crippen molar-refractivity contribution in [1.29, 1.82) is 0 Å². The Labute approximate surface area is 124 Å². The largest absolute Gasteiger partial charge is 0.313 e. The lowest BCUT2D eigenvalue weighted by atomic mass is 10.0. The fourth-order valence-corrected chi connectivity index (χ4v) is 4.32. The SMILES string of the molecule is CCNC(Cc1ccc(Cl)cc1Cl)C1CCCS1. The van der Waals surface area contributed by atoms with Gasteiger partial charge >= 0.3 is 0 Å². The van der Waals surface area contributed by atoms with Gasteiger partial charge in [0.1, 0.15) is 0 Å². The van der Waals surface area contributed by atoms with Crippen LogP contribution < -0.4 is 5.32 Å². The van der Waals surface area contributed by atoms with Crippen molar-refractivity contribution in [3.05, 3.63) is 33.8 Å². The molecule has 0 aliphatic carbocycles. The van der Waals surface area contributed by atoms with Crippen LogP contribution in [0.15, 0.2) is 18.2 Å². The summed E-state index contributed by atoms with van der Waals surface area (Å²) >= 11 is 14.3. The Bertz CT molecular complexity index is 391. The van der Waals surface area contributed by atoms with E-state index < -0.39 is 0 Å². The van der Waals surface area contributed by atoms with Gasteiger partial charge in [0.2, 0.25) is 0 Å². The smallest absolute Gasteiger partial charge is 0.0453 e. The molecule has 0 amide bonds. The molecule has 1 aromatic rings. The van der Waals surface area contributed by atoms with Gasteiger partial charge in [0.05, 0.1) is 0 Å². The van der Waals surface area contributed by atoms with Crippen molar-refractivity contribution < 1.29 is 0 Å². The molecule has 1 heterocycles. The number of hydrogen-bond donors (Lipinski definition) is 1. The van der Waals surface area contributed by atoms with Gasteiger partial charge in [0, 0.05) is 21.3 Å². The summed E-state index contributed by atoms with van der Waals surface area (Å²) in [6, 6.07) is 6.33. The minimum atomic E-state index is 0.515. The standard InChI is InChI=1S/C14H19Cl2NS/c1-2-17-13(14-4-3-7-18-14)8-10-5-6-11(15)9-12(10)16/h5-6,9,13-14,17H,2-4,7-8H2,1H3. The molecule has 0 saturated carbocycles. The molecule has 1 aromatic carbocycles. The van der Waals surface area contributed by atoms with Gasteiger partial charge in [-0.15, -0.1) is 0 Å². The average Bonchev–Trinajstić information content (AvgIpc) is 2.85. The molecule has 1 aliphatic rings. The van der Waals surface area contributed by atoms with Crippen molar-refractivity contribution in [1.82, 2.24) is 5.32 Å². The van der Waals surface area contributed by atoms with Gasteiger partial charge in [-0.1, -0.05) is 36.2 Å². The minimum Gasteiger partial charge on any atom is -0.313 e. The molecule has 1 saturated heterocycles. The van der Waals surface area contributed by atoms with Crippen LogP contribution in [0.5, 0.6) is 0 Å². The van der Waals surface area contributed by atoms with E-state index in [1.54, 1.807) is 0 Å². The molecular weight excluding hydrogens is 285 g/mol. The summed E-state index contributed by atoms with van der Waals surface area (Å²) < 4.78 is 0. The van der Waals surface area contributed by atoms with Gasteiger partial charge in [-0.05, 0) is 49.3 Å². The second kappa shape index (κ2) is 7.04. The van der Waals surface area contributed by atoms with Crippen LogP contribution in [-0.2, 0) is 6.42 Å². The number of rotatable bonds is 5. The monoisotopic (exact) mass is 303 g/mol. The zero-order valence-electron chi connectivity index (χ0n) is 10.6. The van der Waals surface area contributed by atoms with E-state index >= 15 is 0 Å². The van der Waals surface area contributed by atoms with Gasteiger partial charge in [-0.3, -0.25) is 0 Å². The van der Waals surface area contributed by atoms with Crippen molar-refractivity contribution in [2.45, 2.75) is 37.5 Å². The van der Waals surface area contributed by atoms with Crippen LogP contribution >= 0.6 is 35.0 Å². The molecule has 0 bridgehead atoms. The highest BCUT2D eigenvalue weighted by molar-refractivity contribution is 8.00. The van der Waals surface area contributed by atoms with E-state index in [0.717, 1.165) is 23.2 Å². The normalized spacial score (nSPS) is 21.2. The first-order valence-electron chi connectivity index (χ1n) is 6.49. The van der Waals surface area contributed by atoms with Crippen molar-refractivity contribution >= 4 is 35.0 Å². The van der Waals surface area contributed by atoms with Crippen molar-refractivity contribution in [2.75, 3.05) is 12.3 Å². The summed E-state index contributed by atoms with van der Waals surface area (Å²) in [5, 5.41) is 5.81. The molecule has 1 aliphatic heterocycles. The Kier molecular flexibility index (Phi) is 5.68. The van der Waals surface area contributed by atoms with Gasteiger partial charge in [-0.25, -0.2) is 0 Å². The molecular formula is C14H19Cl2NS. The maximum absolute atomic E-state index is 6.26. The third-order valence-electron chi connectivity index (χ3n) is 3.33. The molecule has 2 atom stereocenters. The molecule has 18 heavy (non-hydrogen) atoms. The van der Waals surface area contributed by atoms with Crippen LogP contribution in [0, 0.1) is 0 Å². The van der Waals surface area contributed by atoms with E-state index in [2.05, 4.69) is 30.1 Å². The van der Waals surface area contributed by atoms with Crippen LogP contribution in [0.2, 0.25) is 10.0 Å². The van der Waals surface area contributed by atoms with E-state index in [4.69, 9.17) is 23.2 Å². The zero-order valence-corrected chi connectivity index (χ0v) is 12.9. The summed E-state index contributed by atoms with van der Waals surface area (Å²) in [5.74, 6) is 1.29. The predicted octanol–water partition coefficient (Wildman–Crippen LogP) is 4.41. The van der Waals surface area contributed by atoms with Gasteiger partial charge in [0.15, 0.2) is 0 Å². The highest BCUT2D eigenvalue weighted by Crippen LogP contribution is 2.31. The molecule has 2 unspecified atom stereocenters. The first-order valence-corrected chi connectivity index (χ1v) is 8.30. The minimum absolute atomic E-state index is 0.515. The lowest BCUT2D eigenvalue weighted by molar-refractivity contribution is 0.495. The maximum Gasteiger partial charge on any atom is 0.0453 e. The van der Waals surface area contributed by atoms with Crippen molar-refractivity contribution in [2.24, 2.45) is 0 Å². The fourth-order valence-electron chi connectivity index (χ4n) is 2.44. The van der Waals surface area contributed by atoms with Crippen molar-refractivity contribution in [3.8, 4) is 0 Å². The van der Waals surface area contributed by atoms with Crippen LogP contribution in [0.1, 0.15) is 25.3 Å². The van der Waals surface area contributed by atoms with E-state index in [0.29, 0.717) is 11.1 Å². The molecule has 4 heteroatoms. The third-order valence-corrected chi connectivity index (χ3v) is 5.44. The van der Waals surface area contributed by atoms with Crippen LogP contribution in [0.25, 0.3) is 0 Å². The van der Waals surface area contributed by atoms with E-state index in [-0.39, 0.29) is 0 Å². The Balaban J connectivity index is 2.07. The Morgan fingerprint density at radius 3 is 2.89 bits per heavy atom. The Hall–Kier alpha value is 0.110. The maximum atomic E-state index is 6.26. The number of hydrogen-bond acceptors (Lipinski definition) is 2.